The van der Waals surface area contributed by atoms with Crippen LogP contribution in [-0.2, 0) is 11.3 Å². The van der Waals surface area contributed by atoms with Gasteiger partial charge in [-0.15, -0.1) is 0 Å². The number of piperidine rings is 1. The molecule has 27 heavy (non-hydrogen) atoms. The highest BCUT2D eigenvalue weighted by Crippen LogP contribution is 2.22. The minimum Gasteiger partial charge on any atom is -0.356 e. The van der Waals surface area contributed by atoms with Crippen LogP contribution in [0.3, 0.4) is 0 Å². The Morgan fingerprint density at radius 3 is 2.41 bits per heavy atom. The smallest absolute Gasteiger partial charge is 0.255 e. The fourth-order valence-corrected chi connectivity index (χ4v) is 3.83. The summed E-state index contributed by atoms with van der Waals surface area (Å²) in [7, 11) is 0. The second-order valence-corrected chi connectivity index (χ2v) is 7.53. The third-order valence-corrected chi connectivity index (χ3v) is 5.53. The molecule has 0 atom stereocenters. The van der Waals surface area contributed by atoms with Crippen LogP contribution < -0.4 is 5.32 Å². The quantitative estimate of drug-likeness (QED) is 0.883. The number of nitrogens with one attached hydrogen (secondary N) is 1. The molecule has 5 heteroatoms. The molecule has 144 valence electrons. The molecule has 1 aromatic carbocycles. The average molecular weight is 367 g/mol. The van der Waals surface area contributed by atoms with E-state index in [-0.39, 0.29) is 11.8 Å². The first kappa shape index (κ1) is 19.2. The van der Waals surface area contributed by atoms with E-state index in [0.29, 0.717) is 12.5 Å². The minimum atomic E-state index is 0.0133. The lowest BCUT2D eigenvalue weighted by molar-refractivity contribution is -0.119. The summed E-state index contributed by atoms with van der Waals surface area (Å²) >= 11 is 0. The number of likely N-dealkylation sites (tertiary alicyclic amines) is 1. The molecule has 1 aliphatic heterocycles. The van der Waals surface area contributed by atoms with E-state index in [4.69, 9.17) is 0 Å². The van der Waals surface area contributed by atoms with Gasteiger partial charge in [0.2, 0.25) is 5.91 Å². The first-order valence-corrected chi connectivity index (χ1v) is 9.70. The van der Waals surface area contributed by atoms with Crippen LogP contribution in [0.4, 0.5) is 0 Å². The summed E-state index contributed by atoms with van der Waals surface area (Å²) in [5.74, 6) is 0.600. The van der Waals surface area contributed by atoms with Gasteiger partial charge in [0.25, 0.3) is 5.91 Å². The van der Waals surface area contributed by atoms with Crippen molar-refractivity contribution in [3.05, 3.63) is 58.9 Å². The van der Waals surface area contributed by atoms with E-state index < -0.39 is 0 Å². The number of hydrogen-bond donors (Lipinski definition) is 1. The van der Waals surface area contributed by atoms with Gasteiger partial charge in [0.05, 0.1) is 5.56 Å². The second kappa shape index (κ2) is 8.42. The van der Waals surface area contributed by atoms with E-state index in [2.05, 4.69) is 28.9 Å². The van der Waals surface area contributed by atoms with Crippen LogP contribution in [0.5, 0.6) is 0 Å². The molecule has 2 heterocycles. The number of carbonyl (C=O) groups excluding carboxylic acids is 2. The highest BCUT2D eigenvalue weighted by atomic mass is 16.2. The molecule has 0 radical (unpaired) electrons. The standard InChI is InChI=1S/C22H29N3O2/c1-16-13-21(17(2)25(16)15-20-7-5-4-6-8-20)22(27)24-11-9-19(10-12-24)14-23-18(3)26/h4-8,13,19H,9-12,14-15H2,1-3H3,(H,23,26). The Bertz CT molecular complexity index is 802. The van der Waals surface area contributed by atoms with Crippen LogP contribution in [0.15, 0.2) is 36.4 Å². The first-order chi connectivity index (χ1) is 13.0. The van der Waals surface area contributed by atoms with Gasteiger partial charge in [0.15, 0.2) is 0 Å². The van der Waals surface area contributed by atoms with Crippen molar-refractivity contribution in [1.82, 2.24) is 14.8 Å². The molecular weight excluding hydrogens is 338 g/mol. The fraction of sp³-hybridized carbons (Fsp3) is 0.455. The van der Waals surface area contributed by atoms with E-state index in [9.17, 15) is 9.59 Å². The number of benzene rings is 1. The Kier molecular flexibility index (Phi) is 5.99. The Morgan fingerprint density at radius 1 is 1.11 bits per heavy atom. The second-order valence-electron chi connectivity index (χ2n) is 7.53. The summed E-state index contributed by atoms with van der Waals surface area (Å²) < 4.78 is 2.21. The molecule has 0 unspecified atom stereocenters. The number of rotatable bonds is 5. The van der Waals surface area contributed by atoms with E-state index in [1.165, 1.54) is 5.56 Å². The van der Waals surface area contributed by atoms with Crippen molar-refractivity contribution in [2.24, 2.45) is 5.92 Å². The van der Waals surface area contributed by atoms with E-state index >= 15 is 0 Å². The molecule has 0 aliphatic carbocycles. The number of nitrogens with zero attached hydrogens (tertiary/aromatic N) is 2. The SMILES string of the molecule is CC(=O)NCC1CCN(C(=O)c2cc(C)n(Cc3ccccc3)c2C)CC1. The van der Waals surface area contributed by atoms with E-state index in [1.807, 2.05) is 36.1 Å². The third kappa shape index (κ3) is 4.59. The Labute approximate surface area is 161 Å². The van der Waals surface area contributed by atoms with Crippen LogP contribution in [-0.4, -0.2) is 40.9 Å². The molecule has 5 nitrogen and oxygen atoms in total. The zero-order valence-electron chi connectivity index (χ0n) is 16.5. The van der Waals surface area contributed by atoms with Gasteiger partial charge >= 0.3 is 0 Å². The molecule has 2 aromatic rings. The molecule has 0 spiro atoms. The predicted octanol–water partition coefficient (Wildman–Crippen LogP) is 3.14. The highest BCUT2D eigenvalue weighted by Gasteiger charge is 2.26. The van der Waals surface area contributed by atoms with Crippen molar-refractivity contribution in [3.8, 4) is 0 Å². The number of hydrogen-bond acceptors (Lipinski definition) is 2. The maximum atomic E-state index is 13.1. The molecule has 1 fully saturated rings. The van der Waals surface area contributed by atoms with Crippen molar-refractivity contribution < 1.29 is 9.59 Å². The Hall–Kier alpha value is -2.56. The summed E-state index contributed by atoms with van der Waals surface area (Å²) in [4.78, 5) is 26.1. The summed E-state index contributed by atoms with van der Waals surface area (Å²) in [6, 6.07) is 12.3. The molecule has 1 aliphatic rings. The molecule has 1 saturated heterocycles. The van der Waals surface area contributed by atoms with E-state index in [0.717, 1.165) is 49.4 Å². The largest absolute Gasteiger partial charge is 0.356 e. The van der Waals surface area contributed by atoms with Gasteiger partial charge in [-0.2, -0.15) is 0 Å². The van der Waals surface area contributed by atoms with Crippen molar-refractivity contribution in [2.45, 2.75) is 40.2 Å². The topological polar surface area (TPSA) is 54.3 Å². The maximum Gasteiger partial charge on any atom is 0.255 e. The average Bonchev–Trinajstić information content (AvgIpc) is 2.95. The summed E-state index contributed by atoms with van der Waals surface area (Å²) in [6.07, 6.45) is 1.88. The van der Waals surface area contributed by atoms with Gasteiger partial charge in [0, 0.05) is 44.5 Å². The summed E-state index contributed by atoms with van der Waals surface area (Å²) in [6.45, 7) is 8.65. The zero-order valence-corrected chi connectivity index (χ0v) is 16.5. The van der Waals surface area contributed by atoms with Crippen LogP contribution in [0.2, 0.25) is 0 Å². The van der Waals surface area contributed by atoms with Gasteiger partial charge in [-0.3, -0.25) is 9.59 Å². The Morgan fingerprint density at radius 2 is 1.78 bits per heavy atom. The lowest BCUT2D eigenvalue weighted by Gasteiger charge is -2.32. The van der Waals surface area contributed by atoms with Gasteiger partial charge in [0.1, 0.15) is 0 Å². The molecule has 0 bridgehead atoms. The Balaban J connectivity index is 1.66. The normalized spacial score (nSPS) is 15.0. The molecular formula is C22H29N3O2. The van der Waals surface area contributed by atoms with Gasteiger partial charge in [-0.25, -0.2) is 0 Å². The first-order valence-electron chi connectivity index (χ1n) is 9.70. The van der Waals surface area contributed by atoms with E-state index in [1.54, 1.807) is 6.92 Å². The van der Waals surface area contributed by atoms with Crippen molar-refractivity contribution >= 4 is 11.8 Å². The third-order valence-electron chi connectivity index (χ3n) is 5.53. The molecule has 1 N–H and O–H groups in total. The monoisotopic (exact) mass is 367 g/mol. The fourth-order valence-electron chi connectivity index (χ4n) is 3.83. The van der Waals surface area contributed by atoms with Crippen LogP contribution in [0.1, 0.15) is 47.1 Å². The van der Waals surface area contributed by atoms with Gasteiger partial charge in [-0.05, 0) is 44.2 Å². The maximum absolute atomic E-state index is 13.1. The van der Waals surface area contributed by atoms with Crippen molar-refractivity contribution in [1.29, 1.82) is 0 Å². The lowest BCUT2D eigenvalue weighted by Crippen LogP contribution is -2.41. The van der Waals surface area contributed by atoms with Gasteiger partial charge < -0.3 is 14.8 Å². The minimum absolute atomic E-state index is 0.0133. The van der Waals surface area contributed by atoms with Crippen LogP contribution in [0.25, 0.3) is 0 Å². The predicted molar refractivity (Wildman–Crippen MR) is 107 cm³/mol. The number of aromatic nitrogens is 1. The van der Waals surface area contributed by atoms with Crippen LogP contribution >= 0.6 is 0 Å². The van der Waals surface area contributed by atoms with Gasteiger partial charge in [-0.1, -0.05) is 30.3 Å². The number of amides is 2. The van der Waals surface area contributed by atoms with Crippen LogP contribution in [0, 0.1) is 19.8 Å². The lowest BCUT2D eigenvalue weighted by atomic mass is 9.96. The molecule has 0 saturated carbocycles. The number of carbonyl (C=O) groups is 2. The molecule has 3 rings (SSSR count). The molecule has 1 aromatic heterocycles. The summed E-state index contributed by atoms with van der Waals surface area (Å²) in [5, 5.41) is 2.89. The van der Waals surface area contributed by atoms with Crippen molar-refractivity contribution in [3.63, 3.8) is 0 Å². The highest BCUT2D eigenvalue weighted by molar-refractivity contribution is 5.95. The van der Waals surface area contributed by atoms with Crippen molar-refractivity contribution in [2.75, 3.05) is 19.6 Å². The summed E-state index contributed by atoms with van der Waals surface area (Å²) in [5.41, 5.74) is 4.18. The number of aryl methyl sites for hydroxylation is 1. The zero-order chi connectivity index (χ0) is 19.4. The molecule has 2 amide bonds.